The molecule has 0 aliphatic carbocycles. The van der Waals surface area contributed by atoms with Gasteiger partial charge in [0.1, 0.15) is 5.75 Å². The number of non-ortho nitro benzene ring substituents is 1. The van der Waals surface area contributed by atoms with Gasteiger partial charge in [0.15, 0.2) is 0 Å². The molecule has 1 unspecified atom stereocenters. The SMILES string of the molecule is CCCCOP(N)(=O)Oc1ccc([N+](=O)[O-])cc1. The Labute approximate surface area is 105 Å². The average Bonchev–Trinajstić information content (AvgIpc) is 2.29. The zero-order valence-corrected chi connectivity index (χ0v) is 10.8. The molecule has 2 N–H and O–H groups in total. The van der Waals surface area contributed by atoms with E-state index in [4.69, 9.17) is 14.6 Å². The molecule has 0 aliphatic heterocycles. The zero-order valence-electron chi connectivity index (χ0n) is 9.94. The van der Waals surface area contributed by atoms with Gasteiger partial charge in [0.05, 0.1) is 11.5 Å². The van der Waals surface area contributed by atoms with E-state index in [-0.39, 0.29) is 18.0 Å². The lowest BCUT2D eigenvalue weighted by Crippen LogP contribution is -2.07. The summed E-state index contributed by atoms with van der Waals surface area (Å²) in [5, 5.41) is 10.4. The normalized spacial score (nSPS) is 13.9. The molecule has 0 heterocycles. The molecular weight excluding hydrogens is 259 g/mol. The van der Waals surface area contributed by atoms with E-state index in [1.54, 1.807) is 0 Å². The number of hydrogen-bond donors (Lipinski definition) is 1. The van der Waals surface area contributed by atoms with Crippen LogP contribution < -0.4 is 10.0 Å². The van der Waals surface area contributed by atoms with Crippen molar-refractivity contribution in [2.75, 3.05) is 6.61 Å². The van der Waals surface area contributed by atoms with Gasteiger partial charge in [-0.3, -0.25) is 14.6 Å². The van der Waals surface area contributed by atoms with Crippen LogP contribution in [-0.2, 0) is 9.09 Å². The van der Waals surface area contributed by atoms with Gasteiger partial charge in [-0.05, 0) is 18.6 Å². The van der Waals surface area contributed by atoms with Crippen molar-refractivity contribution in [1.29, 1.82) is 0 Å². The number of rotatable bonds is 7. The maximum absolute atomic E-state index is 11.7. The van der Waals surface area contributed by atoms with E-state index < -0.39 is 12.7 Å². The maximum atomic E-state index is 11.7. The van der Waals surface area contributed by atoms with Crippen molar-refractivity contribution in [3.63, 3.8) is 0 Å². The van der Waals surface area contributed by atoms with Crippen LogP contribution in [0.3, 0.4) is 0 Å². The zero-order chi connectivity index (χ0) is 13.6. The largest absolute Gasteiger partial charge is 0.456 e. The van der Waals surface area contributed by atoms with E-state index >= 15 is 0 Å². The Bertz CT molecular complexity index is 448. The van der Waals surface area contributed by atoms with Crippen molar-refractivity contribution in [2.24, 2.45) is 5.50 Å². The molecule has 1 aromatic rings. The Hall–Kier alpha value is -1.43. The third-order valence-corrected chi connectivity index (χ3v) is 3.06. The first-order valence-electron chi connectivity index (χ1n) is 5.42. The molecule has 1 aromatic carbocycles. The van der Waals surface area contributed by atoms with Gasteiger partial charge < -0.3 is 4.52 Å². The van der Waals surface area contributed by atoms with Gasteiger partial charge in [0.25, 0.3) is 5.69 Å². The third-order valence-electron chi connectivity index (χ3n) is 2.05. The molecule has 0 spiro atoms. The van der Waals surface area contributed by atoms with Gasteiger partial charge in [-0.15, -0.1) is 0 Å². The smallest absolute Gasteiger partial charge is 0.413 e. The molecule has 0 aliphatic rings. The molecular formula is C10H15N2O5P. The fourth-order valence-corrected chi connectivity index (χ4v) is 1.99. The third kappa shape index (κ3) is 4.83. The first kappa shape index (κ1) is 14.6. The Morgan fingerprint density at radius 3 is 2.50 bits per heavy atom. The molecule has 1 rings (SSSR count). The Morgan fingerprint density at radius 2 is 2.00 bits per heavy atom. The summed E-state index contributed by atoms with van der Waals surface area (Å²) >= 11 is 0. The number of unbranched alkanes of at least 4 members (excludes halogenated alkanes) is 1. The first-order valence-corrected chi connectivity index (χ1v) is 7.03. The summed E-state index contributed by atoms with van der Waals surface area (Å²) in [7, 11) is -3.65. The van der Waals surface area contributed by atoms with Crippen LogP contribution in [0.25, 0.3) is 0 Å². The van der Waals surface area contributed by atoms with Gasteiger partial charge >= 0.3 is 7.75 Å². The van der Waals surface area contributed by atoms with Crippen LogP contribution in [-0.4, -0.2) is 11.5 Å². The summed E-state index contributed by atoms with van der Waals surface area (Å²) in [6.45, 7) is 2.21. The minimum atomic E-state index is -3.65. The van der Waals surface area contributed by atoms with Crippen molar-refractivity contribution in [3.8, 4) is 5.75 Å². The van der Waals surface area contributed by atoms with Gasteiger partial charge in [0, 0.05) is 12.1 Å². The first-order chi connectivity index (χ1) is 8.44. The molecule has 0 bridgehead atoms. The minimum Gasteiger partial charge on any atom is -0.413 e. The number of nitro benzene ring substituents is 1. The predicted octanol–water partition coefficient (Wildman–Crippen LogP) is 2.86. The van der Waals surface area contributed by atoms with E-state index in [1.165, 1.54) is 24.3 Å². The van der Waals surface area contributed by atoms with E-state index in [1.807, 2.05) is 6.92 Å². The lowest BCUT2D eigenvalue weighted by molar-refractivity contribution is -0.384. The molecule has 0 aromatic heterocycles. The van der Waals surface area contributed by atoms with E-state index in [0.717, 1.165) is 12.8 Å². The summed E-state index contributed by atoms with van der Waals surface area (Å²) in [5.74, 6) is 0.169. The van der Waals surface area contributed by atoms with Crippen molar-refractivity contribution >= 4 is 13.4 Å². The lowest BCUT2D eigenvalue weighted by atomic mass is 10.3. The highest BCUT2D eigenvalue weighted by Gasteiger charge is 2.20. The van der Waals surface area contributed by atoms with E-state index in [0.29, 0.717) is 0 Å². The molecule has 18 heavy (non-hydrogen) atoms. The molecule has 0 fully saturated rings. The van der Waals surface area contributed by atoms with Crippen LogP contribution >= 0.6 is 7.75 Å². The highest BCUT2D eigenvalue weighted by Crippen LogP contribution is 2.40. The summed E-state index contributed by atoms with van der Waals surface area (Å²) < 4.78 is 21.6. The average molecular weight is 274 g/mol. The number of benzene rings is 1. The highest BCUT2D eigenvalue weighted by molar-refractivity contribution is 7.51. The van der Waals surface area contributed by atoms with Gasteiger partial charge in [0.2, 0.25) is 0 Å². The highest BCUT2D eigenvalue weighted by atomic mass is 31.2. The van der Waals surface area contributed by atoms with Gasteiger partial charge in [-0.1, -0.05) is 13.3 Å². The molecule has 0 saturated carbocycles. The summed E-state index contributed by atoms with van der Waals surface area (Å²) in [6, 6.07) is 5.12. The van der Waals surface area contributed by atoms with Gasteiger partial charge in [-0.2, -0.15) is 0 Å². The minimum absolute atomic E-state index is 0.0823. The maximum Gasteiger partial charge on any atom is 0.456 e. The fraction of sp³-hybridized carbons (Fsp3) is 0.400. The van der Waals surface area contributed by atoms with Crippen LogP contribution in [0.5, 0.6) is 5.75 Å². The molecule has 1 atom stereocenters. The van der Waals surface area contributed by atoms with Crippen molar-refractivity contribution in [2.45, 2.75) is 19.8 Å². The number of nitro groups is 1. The number of hydrogen-bond acceptors (Lipinski definition) is 5. The summed E-state index contributed by atoms with van der Waals surface area (Å²) in [6.07, 6.45) is 1.61. The predicted molar refractivity (Wildman–Crippen MR) is 66.4 cm³/mol. The van der Waals surface area contributed by atoms with E-state index in [9.17, 15) is 14.7 Å². The summed E-state index contributed by atoms with van der Waals surface area (Å²) in [5.41, 5.74) is 5.28. The fourth-order valence-electron chi connectivity index (χ4n) is 1.14. The Balaban J connectivity index is 2.60. The van der Waals surface area contributed by atoms with Crippen LogP contribution in [0.1, 0.15) is 19.8 Å². The Morgan fingerprint density at radius 1 is 1.39 bits per heavy atom. The van der Waals surface area contributed by atoms with Crippen molar-refractivity contribution in [1.82, 2.24) is 0 Å². The topological polar surface area (TPSA) is 105 Å². The molecule has 100 valence electrons. The van der Waals surface area contributed by atoms with Crippen molar-refractivity contribution in [3.05, 3.63) is 34.4 Å². The molecule has 0 amide bonds. The quantitative estimate of drug-likeness (QED) is 0.354. The van der Waals surface area contributed by atoms with Crippen LogP contribution in [0.2, 0.25) is 0 Å². The number of nitrogens with zero attached hydrogens (tertiary/aromatic N) is 1. The lowest BCUT2D eigenvalue weighted by Gasteiger charge is -2.13. The standard InChI is InChI=1S/C10H15N2O5P/c1-2-3-8-16-18(11,15)17-10-6-4-9(5-7-10)12(13)14/h4-7H,2-3,8H2,1H3,(H2,11,15). The second-order valence-corrected chi connectivity index (χ2v) is 5.09. The molecule has 0 radical (unpaired) electrons. The van der Waals surface area contributed by atoms with E-state index in [2.05, 4.69) is 0 Å². The van der Waals surface area contributed by atoms with Crippen molar-refractivity contribution < 1.29 is 18.5 Å². The molecule has 8 heteroatoms. The monoisotopic (exact) mass is 274 g/mol. The van der Waals surface area contributed by atoms with Crippen LogP contribution in [0, 0.1) is 10.1 Å². The number of nitrogens with two attached hydrogens (primary N) is 1. The second kappa shape index (κ2) is 6.49. The Kier molecular flexibility index (Phi) is 5.27. The van der Waals surface area contributed by atoms with Crippen LogP contribution in [0.15, 0.2) is 24.3 Å². The van der Waals surface area contributed by atoms with Gasteiger partial charge in [-0.25, -0.2) is 10.1 Å². The molecule has 0 saturated heterocycles. The molecule has 7 nitrogen and oxygen atoms in total. The summed E-state index contributed by atoms with van der Waals surface area (Å²) in [4.78, 5) is 9.89. The van der Waals surface area contributed by atoms with Crippen LogP contribution in [0.4, 0.5) is 5.69 Å². The second-order valence-electron chi connectivity index (χ2n) is 3.57.